The monoisotopic (exact) mass is 964 g/mol. The largest absolute Gasteiger partial charge is 0.673 e. The van der Waals surface area contributed by atoms with Gasteiger partial charge in [0, 0.05) is 30.8 Å². The fraction of sp³-hybridized carbons (Fsp3) is 0.231. The van der Waals surface area contributed by atoms with Crippen LogP contribution < -0.4 is 21.2 Å². The molecule has 1 radical (unpaired) electrons. The summed E-state index contributed by atoms with van der Waals surface area (Å²) < 4.78 is 52.2. The maximum atomic E-state index is 9.75. The van der Waals surface area contributed by atoms with E-state index in [4.69, 9.17) is 9.47 Å². The van der Waals surface area contributed by atoms with E-state index in [9.17, 15) is 17.3 Å². The van der Waals surface area contributed by atoms with E-state index in [0.717, 1.165) is 12.8 Å². The molecule has 327 valence electrons. The molecule has 7 rings (SSSR count). The third-order valence-electron chi connectivity index (χ3n) is 9.88. The molecule has 0 unspecified atom stereocenters. The van der Waals surface area contributed by atoms with Crippen LogP contribution in [0.4, 0.5) is 17.3 Å². The van der Waals surface area contributed by atoms with Crippen molar-refractivity contribution in [2.24, 2.45) is 0 Å². The number of hydrogen-bond donors (Lipinski definition) is 0. The Bertz CT molecular complexity index is 1840. The second-order valence-electron chi connectivity index (χ2n) is 14.6. The van der Waals surface area contributed by atoms with Gasteiger partial charge >= 0.3 is 7.25 Å². The number of allylic oxidation sites excluding steroid dienone is 4. The molecule has 6 aromatic carbocycles. The third kappa shape index (κ3) is 19.6. The van der Waals surface area contributed by atoms with Crippen LogP contribution in [0.15, 0.2) is 206 Å². The van der Waals surface area contributed by atoms with Crippen molar-refractivity contribution in [2.75, 3.05) is 13.2 Å². The Kier molecular flexibility index (Phi) is 24.0. The molecule has 0 saturated heterocycles. The molecule has 0 aliphatic heterocycles. The number of ether oxygens (including phenoxy) is 2. The van der Waals surface area contributed by atoms with E-state index in [1.807, 2.05) is 0 Å². The Balaban J connectivity index is 0.000000521. The summed E-state index contributed by atoms with van der Waals surface area (Å²) in [5, 5.41) is 5.60. The Morgan fingerprint density at radius 1 is 0.387 bits per heavy atom. The number of rotatable bonds is 17. The van der Waals surface area contributed by atoms with Crippen molar-refractivity contribution in [3.05, 3.63) is 217 Å². The summed E-state index contributed by atoms with van der Waals surface area (Å²) in [7, 11) is -7.32. The maximum Gasteiger partial charge on any atom is 0.673 e. The SMILES string of the molecule is C1=C\CC/C=C\CC/1.F[B-](F)(F)F.[Rh].c1ccc(COC[C@@H](CC[C@H](COCc2ccccc2)P(c2ccccc2)c2ccccc2)P(c2ccccc2)c2ccccc2)cc1. The topological polar surface area (TPSA) is 18.5 Å². The first-order chi connectivity index (χ1) is 29.8. The molecular weight excluding hydrogens is 908 g/mol. The molecule has 0 amide bonds. The first-order valence-corrected chi connectivity index (χ1v) is 23.9. The average molecular weight is 965 g/mol. The molecule has 0 bridgehead atoms. The summed E-state index contributed by atoms with van der Waals surface area (Å²) in [6, 6.07) is 65.5. The zero-order chi connectivity index (χ0) is 42.8. The van der Waals surface area contributed by atoms with E-state index in [2.05, 4.69) is 206 Å². The van der Waals surface area contributed by atoms with Crippen molar-refractivity contribution in [1.29, 1.82) is 0 Å². The van der Waals surface area contributed by atoms with E-state index < -0.39 is 23.1 Å². The summed E-state index contributed by atoms with van der Waals surface area (Å²) >= 11 is 0. The standard InChI is InChI=1S/C44H44O2P2.C8H12.BF4.Rh/c1-7-19-37(20-8-1)33-45-35-43(47(39-23-11-3-12-24-39)40-25-13-4-14-26-40)31-32-44(36-46-34-38-21-9-2-10-22-38)48(41-27-15-5-16-28-41)42-29-17-6-18-30-42;1-2-4-6-8-7-5-3-1;2-1(3,4)5;/h1-30,43-44H,31-36H2;1-2,7-8H,3-6H2;;/q;;-1;/b;2-1-,8-7-;;/t43-,44-;;;/m1.../s1. The molecule has 62 heavy (non-hydrogen) atoms. The zero-order valence-corrected chi connectivity index (χ0v) is 38.4. The second kappa shape index (κ2) is 29.4. The van der Waals surface area contributed by atoms with Crippen LogP contribution >= 0.6 is 15.8 Å². The molecule has 0 heterocycles. The van der Waals surface area contributed by atoms with Gasteiger partial charge in [-0.05, 0) is 86.7 Å². The zero-order valence-electron chi connectivity index (χ0n) is 35.0. The van der Waals surface area contributed by atoms with Crippen LogP contribution in [-0.4, -0.2) is 31.8 Å². The van der Waals surface area contributed by atoms with Crippen molar-refractivity contribution in [3.8, 4) is 0 Å². The number of hydrogen-bond acceptors (Lipinski definition) is 2. The van der Waals surface area contributed by atoms with Crippen molar-refractivity contribution in [2.45, 2.75) is 63.1 Å². The molecule has 2 atom stereocenters. The van der Waals surface area contributed by atoms with Crippen LogP contribution in [0.25, 0.3) is 0 Å². The van der Waals surface area contributed by atoms with Gasteiger partial charge in [-0.3, -0.25) is 0 Å². The normalized spacial score (nSPS) is 14.4. The van der Waals surface area contributed by atoms with E-state index >= 15 is 0 Å². The molecule has 0 fully saturated rings. The molecular formula is C52H56BF4O2P2Rh-. The van der Waals surface area contributed by atoms with Crippen LogP contribution in [0, 0.1) is 0 Å². The summed E-state index contributed by atoms with van der Waals surface area (Å²) in [5.74, 6) is 0. The van der Waals surface area contributed by atoms with Gasteiger partial charge in [0.1, 0.15) is 0 Å². The summed E-state index contributed by atoms with van der Waals surface area (Å²) in [6.07, 6.45) is 16.1. The van der Waals surface area contributed by atoms with Gasteiger partial charge in [-0.2, -0.15) is 0 Å². The Morgan fingerprint density at radius 3 is 0.855 bits per heavy atom. The molecule has 6 aromatic rings. The maximum absolute atomic E-state index is 9.75. The minimum atomic E-state index is -6.00. The predicted molar refractivity (Wildman–Crippen MR) is 254 cm³/mol. The van der Waals surface area contributed by atoms with Gasteiger partial charge in [0.25, 0.3) is 0 Å². The Morgan fingerprint density at radius 2 is 0.613 bits per heavy atom. The van der Waals surface area contributed by atoms with Crippen LogP contribution in [0.1, 0.15) is 49.7 Å². The molecule has 1 aliphatic rings. The van der Waals surface area contributed by atoms with Crippen molar-refractivity contribution in [3.63, 3.8) is 0 Å². The van der Waals surface area contributed by atoms with Gasteiger partial charge in [0.2, 0.25) is 0 Å². The smallest absolute Gasteiger partial charge is 0.418 e. The fourth-order valence-corrected chi connectivity index (χ4v) is 12.7. The van der Waals surface area contributed by atoms with Crippen LogP contribution in [0.2, 0.25) is 0 Å². The van der Waals surface area contributed by atoms with Gasteiger partial charge < -0.3 is 26.7 Å². The second-order valence-corrected chi connectivity index (χ2v) is 19.6. The first-order valence-electron chi connectivity index (χ1n) is 21.0. The quantitative estimate of drug-likeness (QED) is 0.0392. The summed E-state index contributed by atoms with van der Waals surface area (Å²) in [6.45, 7) is 2.65. The molecule has 0 spiro atoms. The minimum absolute atomic E-state index is 0. The molecule has 0 aromatic heterocycles. The van der Waals surface area contributed by atoms with E-state index in [1.165, 1.54) is 58.0 Å². The van der Waals surface area contributed by atoms with Gasteiger partial charge in [-0.25, -0.2) is 0 Å². The number of halogens is 4. The average Bonchev–Trinajstić information content (AvgIpc) is 3.27. The number of benzene rings is 6. The first kappa shape index (κ1) is 50.6. The Hall–Kier alpha value is -4.01. The van der Waals surface area contributed by atoms with Crippen molar-refractivity contribution in [1.82, 2.24) is 0 Å². The van der Waals surface area contributed by atoms with Gasteiger partial charge in [-0.15, -0.1) is 0 Å². The van der Waals surface area contributed by atoms with Crippen molar-refractivity contribution >= 4 is 44.3 Å². The van der Waals surface area contributed by atoms with Crippen LogP contribution in [-0.2, 0) is 42.2 Å². The van der Waals surface area contributed by atoms with E-state index in [0.29, 0.717) is 37.7 Å². The predicted octanol–water partition coefficient (Wildman–Crippen LogP) is 13.2. The molecule has 0 saturated carbocycles. The molecule has 10 heteroatoms. The third-order valence-corrected chi connectivity index (χ3v) is 15.6. The molecule has 1 aliphatic carbocycles. The summed E-state index contributed by atoms with van der Waals surface area (Å²) in [5.41, 5.74) is 3.11. The molecule has 2 nitrogen and oxygen atoms in total. The van der Waals surface area contributed by atoms with Gasteiger partial charge in [0.15, 0.2) is 0 Å². The fourth-order valence-electron chi connectivity index (χ4n) is 7.08. The van der Waals surface area contributed by atoms with Gasteiger partial charge in [0.05, 0.1) is 26.4 Å². The minimum Gasteiger partial charge on any atom is -0.418 e. The Labute approximate surface area is 382 Å². The van der Waals surface area contributed by atoms with Crippen molar-refractivity contribution < 1.29 is 46.2 Å². The van der Waals surface area contributed by atoms with E-state index in [-0.39, 0.29) is 19.5 Å². The van der Waals surface area contributed by atoms with Crippen LogP contribution in [0.5, 0.6) is 0 Å². The van der Waals surface area contributed by atoms with E-state index in [1.54, 1.807) is 0 Å². The summed E-state index contributed by atoms with van der Waals surface area (Å²) in [4.78, 5) is 0. The van der Waals surface area contributed by atoms with Crippen LogP contribution in [0.3, 0.4) is 0 Å². The molecule has 0 N–H and O–H groups in total. The van der Waals surface area contributed by atoms with Gasteiger partial charge in [-0.1, -0.05) is 206 Å².